The van der Waals surface area contributed by atoms with Crippen LogP contribution in [0.3, 0.4) is 0 Å². The molecule has 2 amide bonds. The van der Waals surface area contributed by atoms with Crippen molar-refractivity contribution in [1.29, 1.82) is 0 Å². The molecule has 0 radical (unpaired) electrons. The lowest BCUT2D eigenvalue weighted by atomic mass is 10.1. The van der Waals surface area contributed by atoms with Gasteiger partial charge >= 0.3 is 0 Å². The van der Waals surface area contributed by atoms with E-state index in [1.807, 2.05) is 19.9 Å². The topological polar surface area (TPSA) is 86.8 Å². The second-order valence-electron chi connectivity index (χ2n) is 9.17. The Morgan fingerprint density at radius 3 is 2.34 bits per heavy atom. The van der Waals surface area contributed by atoms with E-state index in [4.69, 9.17) is 11.6 Å². The van der Waals surface area contributed by atoms with E-state index in [1.54, 1.807) is 42.5 Å². The lowest BCUT2D eigenvalue weighted by Crippen LogP contribution is -2.53. The van der Waals surface area contributed by atoms with Crippen LogP contribution in [0.4, 0.5) is 5.69 Å². The van der Waals surface area contributed by atoms with Gasteiger partial charge in [0, 0.05) is 17.6 Å². The molecule has 0 aliphatic heterocycles. The van der Waals surface area contributed by atoms with Gasteiger partial charge in [-0.1, -0.05) is 55.6 Å². The summed E-state index contributed by atoms with van der Waals surface area (Å²) < 4.78 is 26.4. The van der Waals surface area contributed by atoms with Crippen molar-refractivity contribution in [2.75, 3.05) is 17.1 Å². The average molecular weight is 520 g/mol. The molecule has 1 unspecified atom stereocenters. The number of hydrogen-bond acceptors (Lipinski definition) is 4. The van der Waals surface area contributed by atoms with Crippen LogP contribution in [0.2, 0.25) is 5.02 Å². The molecular weight excluding hydrogens is 486 g/mol. The fraction of sp³-hybridized carbons (Fsp3) is 0.462. The van der Waals surface area contributed by atoms with Crippen LogP contribution in [0, 0.1) is 6.92 Å². The molecule has 0 aromatic heterocycles. The van der Waals surface area contributed by atoms with Crippen molar-refractivity contribution in [3.05, 3.63) is 64.7 Å². The van der Waals surface area contributed by atoms with Crippen molar-refractivity contribution in [3.63, 3.8) is 0 Å². The van der Waals surface area contributed by atoms with Gasteiger partial charge < -0.3 is 10.2 Å². The standard InChI is InChI=1S/C26H34ClN3O4S/c1-4-24(26(32)28-22-9-5-6-10-22)29(17-20-12-14-21(27)15-13-20)25(31)18-30(35(3,33)34)23-11-7-8-19(2)16-23/h7-8,11-16,22,24H,4-6,9-10,17-18H2,1-3H3,(H,28,32). The second-order valence-corrected chi connectivity index (χ2v) is 11.5. The maximum absolute atomic E-state index is 13.7. The molecular formula is C26H34ClN3O4S. The highest BCUT2D eigenvalue weighted by Gasteiger charge is 2.33. The highest BCUT2D eigenvalue weighted by molar-refractivity contribution is 7.92. The zero-order valence-electron chi connectivity index (χ0n) is 20.5. The number of carbonyl (C=O) groups excluding carboxylic acids is 2. The Kier molecular flexibility index (Phi) is 9.19. The van der Waals surface area contributed by atoms with E-state index in [0.29, 0.717) is 17.1 Å². The van der Waals surface area contributed by atoms with Crippen LogP contribution < -0.4 is 9.62 Å². The predicted molar refractivity (Wildman–Crippen MR) is 140 cm³/mol. The quantitative estimate of drug-likeness (QED) is 0.507. The summed E-state index contributed by atoms with van der Waals surface area (Å²) in [5.74, 6) is -0.650. The Morgan fingerprint density at radius 1 is 1.11 bits per heavy atom. The van der Waals surface area contributed by atoms with Gasteiger partial charge in [0.25, 0.3) is 0 Å². The molecule has 9 heteroatoms. The summed E-state index contributed by atoms with van der Waals surface area (Å²) in [5.41, 5.74) is 2.09. The number of nitrogens with one attached hydrogen (secondary N) is 1. The van der Waals surface area contributed by atoms with E-state index in [1.165, 1.54) is 4.90 Å². The van der Waals surface area contributed by atoms with E-state index in [-0.39, 0.29) is 18.5 Å². The number of carbonyl (C=O) groups is 2. The highest BCUT2D eigenvalue weighted by Crippen LogP contribution is 2.22. The van der Waals surface area contributed by atoms with Gasteiger partial charge in [-0.3, -0.25) is 13.9 Å². The number of rotatable bonds is 10. The lowest BCUT2D eigenvalue weighted by molar-refractivity contribution is -0.140. The third kappa shape index (κ3) is 7.45. The van der Waals surface area contributed by atoms with Gasteiger partial charge in [-0.2, -0.15) is 0 Å². The predicted octanol–water partition coefficient (Wildman–Crippen LogP) is 4.28. The summed E-state index contributed by atoms with van der Waals surface area (Å²) in [4.78, 5) is 28.4. The number of nitrogens with zero attached hydrogens (tertiary/aromatic N) is 2. The van der Waals surface area contributed by atoms with Gasteiger partial charge in [-0.05, 0) is 61.6 Å². The molecule has 1 atom stereocenters. The summed E-state index contributed by atoms with van der Waals surface area (Å²) in [6, 6.07) is 13.5. The van der Waals surface area contributed by atoms with E-state index in [0.717, 1.165) is 47.4 Å². The smallest absolute Gasteiger partial charge is 0.244 e. The number of sulfonamides is 1. The second kappa shape index (κ2) is 11.9. The third-order valence-corrected chi connectivity index (χ3v) is 7.72. The molecule has 3 rings (SSSR count). The molecule has 1 fully saturated rings. The lowest BCUT2D eigenvalue weighted by Gasteiger charge is -2.33. The van der Waals surface area contributed by atoms with Gasteiger partial charge in [0.1, 0.15) is 12.6 Å². The summed E-state index contributed by atoms with van der Waals surface area (Å²) in [5, 5.41) is 3.67. The van der Waals surface area contributed by atoms with Crippen molar-refractivity contribution >= 4 is 39.1 Å². The number of halogens is 1. The Hall–Kier alpha value is -2.58. The molecule has 1 aliphatic carbocycles. The van der Waals surface area contributed by atoms with E-state index in [2.05, 4.69) is 5.32 Å². The first kappa shape index (κ1) is 27.0. The fourth-order valence-electron chi connectivity index (χ4n) is 4.47. The summed E-state index contributed by atoms with van der Waals surface area (Å²) in [6.07, 6.45) is 5.51. The average Bonchev–Trinajstić information content (AvgIpc) is 3.30. The Labute approximate surface area is 213 Å². The first-order valence-electron chi connectivity index (χ1n) is 12.0. The minimum absolute atomic E-state index is 0.115. The van der Waals surface area contributed by atoms with Crippen LogP contribution in [0.1, 0.15) is 50.2 Å². The van der Waals surface area contributed by atoms with Crippen LogP contribution in [0.5, 0.6) is 0 Å². The van der Waals surface area contributed by atoms with Gasteiger partial charge in [-0.25, -0.2) is 8.42 Å². The monoisotopic (exact) mass is 519 g/mol. The van der Waals surface area contributed by atoms with Crippen LogP contribution >= 0.6 is 11.6 Å². The van der Waals surface area contributed by atoms with Gasteiger partial charge in [0.15, 0.2) is 0 Å². The van der Waals surface area contributed by atoms with Crippen LogP contribution in [-0.4, -0.2) is 50.0 Å². The molecule has 35 heavy (non-hydrogen) atoms. The first-order valence-corrected chi connectivity index (χ1v) is 14.2. The zero-order chi connectivity index (χ0) is 25.6. The molecule has 0 bridgehead atoms. The Morgan fingerprint density at radius 2 is 1.77 bits per heavy atom. The number of aryl methyl sites for hydroxylation is 1. The van der Waals surface area contributed by atoms with Crippen molar-refractivity contribution < 1.29 is 18.0 Å². The maximum Gasteiger partial charge on any atom is 0.244 e. The Bertz CT molecular complexity index is 1130. The molecule has 0 spiro atoms. The molecule has 7 nitrogen and oxygen atoms in total. The SMILES string of the molecule is CCC(C(=O)NC1CCCC1)N(Cc1ccc(Cl)cc1)C(=O)CN(c1cccc(C)c1)S(C)(=O)=O. The number of amides is 2. The summed E-state index contributed by atoms with van der Waals surface area (Å²) >= 11 is 6.03. The summed E-state index contributed by atoms with van der Waals surface area (Å²) in [7, 11) is -3.75. The van der Waals surface area contributed by atoms with Crippen LogP contribution in [0.15, 0.2) is 48.5 Å². The first-order chi connectivity index (χ1) is 16.6. The normalized spacial score (nSPS) is 15.0. The van der Waals surface area contributed by atoms with Gasteiger partial charge in [-0.15, -0.1) is 0 Å². The van der Waals surface area contributed by atoms with Crippen molar-refractivity contribution in [2.24, 2.45) is 0 Å². The third-order valence-electron chi connectivity index (χ3n) is 6.32. The van der Waals surface area contributed by atoms with Crippen LogP contribution in [-0.2, 0) is 26.2 Å². The van der Waals surface area contributed by atoms with Crippen molar-refractivity contribution in [1.82, 2.24) is 10.2 Å². The van der Waals surface area contributed by atoms with Crippen molar-refractivity contribution in [3.8, 4) is 0 Å². The van der Waals surface area contributed by atoms with Gasteiger partial charge in [0.05, 0.1) is 11.9 Å². The molecule has 1 aliphatic rings. The van der Waals surface area contributed by atoms with E-state index in [9.17, 15) is 18.0 Å². The molecule has 1 N–H and O–H groups in total. The fourth-order valence-corrected chi connectivity index (χ4v) is 5.44. The molecule has 1 saturated carbocycles. The number of benzene rings is 2. The molecule has 2 aromatic rings. The van der Waals surface area contributed by atoms with Crippen molar-refractivity contribution in [2.45, 2.75) is 64.6 Å². The molecule has 0 saturated heterocycles. The Balaban J connectivity index is 1.91. The summed E-state index contributed by atoms with van der Waals surface area (Å²) in [6.45, 7) is 3.48. The highest BCUT2D eigenvalue weighted by atomic mass is 35.5. The number of hydrogen-bond donors (Lipinski definition) is 1. The number of anilines is 1. The van der Waals surface area contributed by atoms with Gasteiger partial charge in [0.2, 0.25) is 21.8 Å². The maximum atomic E-state index is 13.7. The minimum Gasteiger partial charge on any atom is -0.352 e. The van der Waals surface area contributed by atoms with Crippen LogP contribution in [0.25, 0.3) is 0 Å². The zero-order valence-corrected chi connectivity index (χ0v) is 22.1. The molecule has 190 valence electrons. The largest absolute Gasteiger partial charge is 0.352 e. The van der Waals surface area contributed by atoms with E-state index >= 15 is 0 Å². The van der Waals surface area contributed by atoms with E-state index < -0.39 is 28.5 Å². The molecule has 0 heterocycles. The minimum atomic E-state index is -3.75. The molecule has 2 aromatic carbocycles.